The Labute approximate surface area is 137 Å². The molecule has 0 aliphatic rings. The lowest BCUT2D eigenvalue weighted by Gasteiger charge is -2.08. The Balaban J connectivity index is 1.88. The van der Waals surface area contributed by atoms with Crippen LogP contribution in [-0.2, 0) is 16.0 Å². The van der Waals surface area contributed by atoms with E-state index in [0.717, 1.165) is 16.5 Å². The average molecular weight is 362 g/mol. The molecule has 0 aromatic heterocycles. The molecule has 0 saturated carbocycles. The SMILES string of the molecule is CCc1cccc(NC(=O)COC(=O)c2cccc(Br)c2)c1. The van der Waals surface area contributed by atoms with Crippen LogP contribution >= 0.6 is 15.9 Å². The quantitative estimate of drug-likeness (QED) is 0.823. The smallest absolute Gasteiger partial charge is 0.338 e. The van der Waals surface area contributed by atoms with E-state index < -0.39 is 5.97 Å². The van der Waals surface area contributed by atoms with Crippen molar-refractivity contribution in [3.05, 3.63) is 64.1 Å². The van der Waals surface area contributed by atoms with Gasteiger partial charge in [-0.2, -0.15) is 0 Å². The lowest BCUT2D eigenvalue weighted by atomic mass is 10.1. The van der Waals surface area contributed by atoms with Gasteiger partial charge in [0.15, 0.2) is 6.61 Å². The Morgan fingerprint density at radius 3 is 2.64 bits per heavy atom. The number of carbonyl (C=O) groups is 2. The Kier molecular flexibility index (Phi) is 5.72. The number of halogens is 1. The number of esters is 1. The fourth-order valence-corrected chi connectivity index (χ4v) is 2.30. The summed E-state index contributed by atoms with van der Waals surface area (Å²) in [6.45, 7) is 1.72. The minimum atomic E-state index is -0.529. The molecule has 0 unspecified atom stereocenters. The van der Waals surface area contributed by atoms with E-state index in [1.807, 2.05) is 31.2 Å². The molecule has 4 nitrogen and oxygen atoms in total. The second-order valence-electron chi connectivity index (χ2n) is 4.69. The number of hydrogen-bond acceptors (Lipinski definition) is 3. The average Bonchev–Trinajstić information content (AvgIpc) is 2.52. The highest BCUT2D eigenvalue weighted by Crippen LogP contribution is 2.13. The zero-order valence-electron chi connectivity index (χ0n) is 12.1. The van der Waals surface area contributed by atoms with Crippen molar-refractivity contribution < 1.29 is 14.3 Å². The lowest BCUT2D eigenvalue weighted by molar-refractivity contribution is -0.119. The monoisotopic (exact) mass is 361 g/mol. The summed E-state index contributed by atoms with van der Waals surface area (Å²) in [6, 6.07) is 14.4. The summed E-state index contributed by atoms with van der Waals surface area (Å²) in [6.07, 6.45) is 0.890. The standard InChI is InChI=1S/C17H16BrNO3/c1-2-12-5-3-8-15(9-12)19-16(20)11-22-17(21)13-6-4-7-14(18)10-13/h3-10H,2,11H2,1H3,(H,19,20). The number of aryl methyl sites for hydroxylation is 1. The number of anilines is 1. The van der Waals surface area contributed by atoms with Crippen molar-refractivity contribution in [1.29, 1.82) is 0 Å². The summed E-state index contributed by atoms with van der Waals surface area (Å²) >= 11 is 3.28. The highest BCUT2D eigenvalue weighted by molar-refractivity contribution is 9.10. The van der Waals surface area contributed by atoms with Gasteiger partial charge in [0.1, 0.15) is 0 Å². The molecule has 0 spiro atoms. The van der Waals surface area contributed by atoms with Crippen molar-refractivity contribution >= 4 is 33.5 Å². The first kappa shape index (κ1) is 16.2. The molecule has 114 valence electrons. The van der Waals surface area contributed by atoms with Gasteiger partial charge in [0.05, 0.1) is 5.56 Å². The van der Waals surface area contributed by atoms with Crippen molar-refractivity contribution in [1.82, 2.24) is 0 Å². The van der Waals surface area contributed by atoms with Crippen LogP contribution in [0.4, 0.5) is 5.69 Å². The minimum absolute atomic E-state index is 0.318. The molecule has 0 fully saturated rings. The second kappa shape index (κ2) is 7.75. The second-order valence-corrected chi connectivity index (χ2v) is 5.60. The van der Waals surface area contributed by atoms with Crippen LogP contribution in [0.1, 0.15) is 22.8 Å². The van der Waals surface area contributed by atoms with E-state index >= 15 is 0 Å². The van der Waals surface area contributed by atoms with Crippen LogP contribution in [0.15, 0.2) is 53.0 Å². The van der Waals surface area contributed by atoms with Gasteiger partial charge in [-0.25, -0.2) is 4.79 Å². The molecule has 0 bridgehead atoms. The molecule has 2 aromatic carbocycles. The molecule has 1 N–H and O–H groups in total. The van der Waals surface area contributed by atoms with Crippen LogP contribution in [0.2, 0.25) is 0 Å². The zero-order valence-corrected chi connectivity index (χ0v) is 13.7. The molecule has 2 rings (SSSR count). The maximum Gasteiger partial charge on any atom is 0.338 e. The van der Waals surface area contributed by atoms with Gasteiger partial charge in [-0.15, -0.1) is 0 Å². The van der Waals surface area contributed by atoms with E-state index in [4.69, 9.17) is 4.74 Å². The van der Waals surface area contributed by atoms with E-state index in [-0.39, 0.29) is 12.5 Å². The van der Waals surface area contributed by atoms with E-state index in [9.17, 15) is 9.59 Å². The normalized spacial score (nSPS) is 10.1. The molecule has 5 heteroatoms. The third kappa shape index (κ3) is 4.70. The molecule has 1 amide bonds. The van der Waals surface area contributed by atoms with E-state index in [0.29, 0.717) is 11.3 Å². The topological polar surface area (TPSA) is 55.4 Å². The summed E-state index contributed by atoms with van der Waals surface area (Å²) in [4.78, 5) is 23.6. The van der Waals surface area contributed by atoms with Gasteiger partial charge in [-0.05, 0) is 42.3 Å². The Bertz CT molecular complexity index is 685. The Morgan fingerprint density at radius 1 is 1.14 bits per heavy atom. The molecule has 0 heterocycles. The summed E-state index contributed by atoms with van der Waals surface area (Å²) < 4.78 is 5.78. The van der Waals surface area contributed by atoms with E-state index in [1.54, 1.807) is 24.3 Å². The third-order valence-corrected chi connectivity index (χ3v) is 3.51. The summed E-state index contributed by atoms with van der Waals surface area (Å²) in [7, 11) is 0. The largest absolute Gasteiger partial charge is 0.452 e. The first-order valence-electron chi connectivity index (χ1n) is 6.90. The summed E-state index contributed by atoms with van der Waals surface area (Å²) in [5, 5.41) is 2.71. The molecule has 0 radical (unpaired) electrons. The number of hydrogen-bond donors (Lipinski definition) is 1. The van der Waals surface area contributed by atoms with Gasteiger partial charge in [0, 0.05) is 10.2 Å². The maximum atomic E-state index is 11.8. The van der Waals surface area contributed by atoms with Gasteiger partial charge < -0.3 is 10.1 Å². The molecule has 0 atom stereocenters. The van der Waals surface area contributed by atoms with Crippen LogP contribution < -0.4 is 5.32 Å². The number of benzene rings is 2. The van der Waals surface area contributed by atoms with E-state index in [1.165, 1.54) is 0 Å². The summed E-state index contributed by atoms with van der Waals surface area (Å²) in [5.74, 6) is -0.893. The van der Waals surface area contributed by atoms with Crippen molar-refractivity contribution in [3.8, 4) is 0 Å². The number of nitrogens with one attached hydrogen (secondary N) is 1. The van der Waals surface area contributed by atoms with Crippen LogP contribution in [0.25, 0.3) is 0 Å². The number of ether oxygens (including phenoxy) is 1. The fourth-order valence-electron chi connectivity index (χ4n) is 1.90. The first-order valence-corrected chi connectivity index (χ1v) is 7.69. The molecule has 0 aliphatic heterocycles. The van der Waals surface area contributed by atoms with Crippen molar-refractivity contribution in [3.63, 3.8) is 0 Å². The first-order chi connectivity index (χ1) is 10.6. The van der Waals surface area contributed by atoms with Crippen molar-refractivity contribution in [2.75, 3.05) is 11.9 Å². The van der Waals surface area contributed by atoms with Gasteiger partial charge in [0.2, 0.25) is 0 Å². The Morgan fingerprint density at radius 2 is 1.91 bits per heavy atom. The number of carbonyl (C=O) groups excluding carboxylic acids is 2. The van der Waals surface area contributed by atoms with Crippen molar-refractivity contribution in [2.45, 2.75) is 13.3 Å². The van der Waals surface area contributed by atoms with E-state index in [2.05, 4.69) is 21.2 Å². The highest BCUT2D eigenvalue weighted by atomic mass is 79.9. The predicted molar refractivity (Wildman–Crippen MR) is 88.9 cm³/mol. The molecule has 2 aromatic rings. The fraction of sp³-hybridized carbons (Fsp3) is 0.176. The molecular formula is C17H16BrNO3. The lowest BCUT2D eigenvalue weighted by Crippen LogP contribution is -2.21. The molecule has 0 aliphatic carbocycles. The predicted octanol–water partition coefficient (Wildman–Crippen LogP) is 3.81. The maximum absolute atomic E-state index is 11.8. The Hall–Kier alpha value is -2.14. The highest BCUT2D eigenvalue weighted by Gasteiger charge is 2.10. The van der Waals surface area contributed by atoms with Crippen LogP contribution in [0.3, 0.4) is 0 Å². The molecular weight excluding hydrogens is 346 g/mol. The van der Waals surface area contributed by atoms with Gasteiger partial charge in [-0.3, -0.25) is 4.79 Å². The van der Waals surface area contributed by atoms with Crippen LogP contribution in [-0.4, -0.2) is 18.5 Å². The third-order valence-electron chi connectivity index (χ3n) is 3.01. The van der Waals surface area contributed by atoms with Crippen LogP contribution in [0, 0.1) is 0 Å². The molecule has 0 saturated heterocycles. The van der Waals surface area contributed by atoms with Gasteiger partial charge >= 0.3 is 5.97 Å². The van der Waals surface area contributed by atoms with Crippen LogP contribution in [0.5, 0.6) is 0 Å². The number of rotatable bonds is 5. The minimum Gasteiger partial charge on any atom is -0.452 e. The number of amides is 1. The zero-order chi connectivity index (χ0) is 15.9. The summed E-state index contributed by atoms with van der Waals surface area (Å²) in [5.41, 5.74) is 2.22. The van der Waals surface area contributed by atoms with Gasteiger partial charge in [0.25, 0.3) is 5.91 Å². The molecule has 22 heavy (non-hydrogen) atoms. The van der Waals surface area contributed by atoms with Gasteiger partial charge in [-0.1, -0.05) is 41.1 Å². The van der Waals surface area contributed by atoms with Crippen molar-refractivity contribution in [2.24, 2.45) is 0 Å².